The van der Waals surface area contributed by atoms with Crippen LogP contribution in [-0.2, 0) is 0 Å². The summed E-state index contributed by atoms with van der Waals surface area (Å²) in [6.07, 6.45) is 0.674. The molecule has 0 spiro atoms. The van der Waals surface area contributed by atoms with E-state index in [1.807, 2.05) is 29.6 Å². The van der Waals surface area contributed by atoms with Crippen LogP contribution in [0.3, 0.4) is 0 Å². The summed E-state index contributed by atoms with van der Waals surface area (Å²) in [5.41, 5.74) is 1.02. The number of halogens is 1. The summed E-state index contributed by atoms with van der Waals surface area (Å²) in [5, 5.41) is 15.6. The topological polar surface area (TPSA) is 41.5 Å². The summed E-state index contributed by atoms with van der Waals surface area (Å²) >= 11 is 7.78. The number of benzene rings is 1. The molecule has 0 aliphatic heterocycles. The van der Waals surface area contributed by atoms with Crippen LogP contribution in [0.2, 0.25) is 5.02 Å². The van der Waals surface area contributed by atoms with Crippen LogP contribution in [0.25, 0.3) is 0 Å². The minimum Gasteiger partial charge on any atom is -0.496 e. The Bertz CT molecular complexity index is 559. The standard InChI is InChI=1S/C16H20ClNO2S/c1-11(13-10-12(17)5-6-15(13)20-2)18-14(7-8-19)16-4-3-9-21-16/h3-6,9-11,14,18-19H,7-8H2,1-2H3/t11-,14+/m0/s1. The fourth-order valence-electron chi connectivity index (χ4n) is 2.36. The van der Waals surface area contributed by atoms with Gasteiger partial charge in [0.05, 0.1) is 7.11 Å². The lowest BCUT2D eigenvalue weighted by Gasteiger charge is -2.24. The van der Waals surface area contributed by atoms with Crippen molar-refractivity contribution >= 4 is 22.9 Å². The molecule has 0 aliphatic rings. The van der Waals surface area contributed by atoms with Gasteiger partial charge in [-0.1, -0.05) is 17.7 Å². The van der Waals surface area contributed by atoms with Crippen LogP contribution in [0.15, 0.2) is 35.7 Å². The molecular formula is C16H20ClNO2S. The largest absolute Gasteiger partial charge is 0.496 e. The lowest BCUT2D eigenvalue weighted by atomic mass is 10.0. The van der Waals surface area contributed by atoms with E-state index in [1.165, 1.54) is 4.88 Å². The maximum atomic E-state index is 9.28. The van der Waals surface area contributed by atoms with Gasteiger partial charge in [-0.15, -0.1) is 11.3 Å². The van der Waals surface area contributed by atoms with Crippen LogP contribution in [0.5, 0.6) is 5.75 Å². The zero-order chi connectivity index (χ0) is 15.2. The van der Waals surface area contributed by atoms with Gasteiger partial charge in [0.25, 0.3) is 0 Å². The average Bonchev–Trinajstić information content (AvgIpc) is 3.00. The number of nitrogens with one attached hydrogen (secondary N) is 1. The molecule has 0 aliphatic carbocycles. The first-order valence-electron chi connectivity index (χ1n) is 6.89. The Labute approximate surface area is 134 Å². The highest BCUT2D eigenvalue weighted by Gasteiger charge is 2.18. The van der Waals surface area contributed by atoms with Crippen LogP contribution in [-0.4, -0.2) is 18.8 Å². The lowest BCUT2D eigenvalue weighted by molar-refractivity contribution is 0.261. The monoisotopic (exact) mass is 325 g/mol. The van der Waals surface area contributed by atoms with Gasteiger partial charge in [-0.2, -0.15) is 0 Å². The van der Waals surface area contributed by atoms with Crippen LogP contribution in [0.4, 0.5) is 0 Å². The van der Waals surface area contributed by atoms with Gasteiger partial charge >= 0.3 is 0 Å². The molecule has 2 rings (SSSR count). The van der Waals surface area contributed by atoms with E-state index in [9.17, 15) is 5.11 Å². The van der Waals surface area contributed by atoms with Crippen molar-refractivity contribution in [3.05, 3.63) is 51.2 Å². The number of aliphatic hydroxyl groups excluding tert-OH is 1. The Morgan fingerprint density at radius 1 is 1.38 bits per heavy atom. The van der Waals surface area contributed by atoms with Crippen molar-refractivity contribution in [2.75, 3.05) is 13.7 Å². The third-order valence-electron chi connectivity index (χ3n) is 3.41. The number of rotatable bonds is 7. The Kier molecular flexibility index (Phi) is 6.06. The van der Waals surface area contributed by atoms with E-state index in [-0.39, 0.29) is 18.7 Å². The molecule has 0 fully saturated rings. The number of ether oxygens (including phenoxy) is 1. The van der Waals surface area contributed by atoms with Gasteiger partial charge in [-0.05, 0) is 43.0 Å². The van der Waals surface area contributed by atoms with Crippen molar-refractivity contribution in [1.29, 1.82) is 0 Å². The van der Waals surface area contributed by atoms with Gasteiger partial charge in [-0.3, -0.25) is 0 Å². The van der Waals surface area contributed by atoms with Crippen LogP contribution in [0, 0.1) is 0 Å². The van der Waals surface area contributed by atoms with E-state index in [2.05, 4.69) is 18.3 Å². The molecule has 0 radical (unpaired) electrons. The molecule has 0 amide bonds. The maximum absolute atomic E-state index is 9.28. The molecule has 5 heteroatoms. The molecule has 2 aromatic rings. The minimum atomic E-state index is 0.0669. The third kappa shape index (κ3) is 4.20. The highest BCUT2D eigenvalue weighted by molar-refractivity contribution is 7.10. The normalized spacial score (nSPS) is 13.9. The second kappa shape index (κ2) is 7.80. The fraction of sp³-hybridized carbons (Fsp3) is 0.375. The van der Waals surface area contributed by atoms with E-state index in [4.69, 9.17) is 16.3 Å². The van der Waals surface area contributed by atoms with Gasteiger partial charge in [-0.25, -0.2) is 0 Å². The first kappa shape index (κ1) is 16.3. The second-order valence-electron chi connectivity index (χ2n) is 4.85. The quantitative estimate of drug-likeness (QED) is 0.802. The molecule has 1 aromatic carbocycles. The number of thiophene rings is 1. The van der Waals surface area contributed by atoms with Crippen molar-refractivity contribution < 1.29 is 9.84 Å². The number of hydrogen-bond acceptors (Lipinski definition) is 4. The number of hydrogen-bond donors (Lipinski definition) is 2. The first-order chi connectivity index (χ1) is 10.2. The Morgan fingerprint density at radius 3 is 2.81 bits per heavy atom. The van der Waals surface area contributed by atoms with Crippen molar-refractivity contribution in [2.45, 2.75) is 25.4 Å². The summed E-state index contributed by atoms with van der Waals surface area (Å²) in [6.45, 7) is 2.22. The molecule has 1 aromatic heterocycles. The van der Waals surface area contributed by atoms with E-state index >= 15 is 0 Å². The Morgan fingerprint density at radius 2 is 2.19 bits per heavy atom. The van der Waals surface area contributed by atoms with Crippen LogP contribution < -0.4 is 10.1 Å². The van der Waals surface area contributed by atoms with Crippen molar-refractivity contribution in [1.82, 2.24) is 5.32 Å². The van der Waals surface area contributed by atoms with Crippen molar-refractivity contribution in [3.63, 3.8) is 0 Å². The summed E-state index contributed by atoms with van der Waals surface area (Å²) < 4.78 is 5.41. The molecular weight excluding hydrogens is 306 g/mol. The number of methoxy groups -OCH3 is 1. The molecule has 0 saturated heterocycles. The van der Waals surface area contributed by atoms with E-state index < -0.39 is 0 Å². The molecule has 114 valence electrons. The van der Waals surface area contributed by atoms with Crippen molar-refractivity contribution in [3.8, 4) is 5.75 Å². The SMILES string of the molecule is COc1ccc(Cl)cc1[C@H](C)N[C@H](CCO)c1cccs1. The van der Waals surface area contributed by atoms with Gasteiger partial charge in [0.15, 0.2) is 0 Å². The molecule has 0 saturated carbocycles. The number of aliphatic hydroxyl groups is 1. The van der Waals surface area contributed by atoms with Gasteiger partial charge in [0, 0.05) is 34.2 Å². The maximum Gasteiger partial charge on any atom is 0.123 e. The van der Waals surface area contributed by atoms with Crippen LogP contribution in [0.1, 0.15) is 35.9 Å². The summed E-state index contributed by atoms with van der Waals surface area (Å²) in [6, 6.07) is 9.91. The van der Waals surface area contributed by atoms with Crippen LogP contribution >= 0.6 is 22.9 Å². The molecule has 21 heavy (non-hydrogen) atoms. The predicted molar refractivity (Wildman–Crippen MR) is 88.3 cm³/mol. The summed E-state index contributed by atoms with van der Waals surface area (Å²) in [5.74, 6) is 0.813. The first-order valence-corrected chi connectivity index (χ1v) is 8.15. The minimum absolute atomic E-state index is 0.0669. The average molecular weight is 326 g/mol. The van der Waals surface area contributed by atoms with Crippen molar-refractivity contribution in [2.24, 2.45) is 0 Å². The molecule has 2 N–H and O–H groups in total. The highest BCUT2D eigenvalue weighted by atomic mass is 35.5. The molecule has 2 atom stereocenters. The molecule has 0 bridgehead atoms. The zero-order valence-corrected chi connectivity index (χ0v) is 13.7. The van der Waals surface area contributed by atoms with Gasteiger partial charge in [0.1, 0.15) is 5.75 Å². The summed E-state index contributed by atoms with van der Waals surface area (Å²) in [7, 11) is 1.66. The zero-order valence-electron chi connectivity index (χ0n) is 12.2. The Balaban J connectivity index is 2.19. The smallest absolute Gasteiger partial charge is 0.123 e. The molecule has 1 heterocycles. The van der Waals surface area contributed by atoms with E-state index in [0.717, 1.165) is 11.3 Å². The fourth-order valence-corrected chi connectivity index (χ4v) is 3.36. The van der Waals surface area contributed by atoms with Gasteiger partial charge < -0.3 is 15.2 Å². The highest BCUT2D eigenvalue weighted by Crippen LogP contribution is 2.31. The third-order valence-corrected chi connectivity index (χ3v) is 4.63. The lowest BCUT2D eigenvalue weighted by Crippen LogP contribution is -2.25. The van der Waals surface area contributed by atoms with E-state index in [0.29, 0.717) is 11.4 Å². The summed E-state index contributed by atoms with van der Waals surface area (Å²) in [4.78, 5) is 1.22. The van der Waals surface area contributed by atoms with Gasteiger partial charge in [0.2, 0.25) is 0 Å². The van der Waals surface area contributed by atoms with E-state index in [1.54, 1.807) is 18.4 Å². The predicted octanol–water partition coefficient (Wildman–Crippen LogP) is 4.18. The molecule has 3 nitrogen and oxygen atoms in total. The Hall–Kier alpha value is -1.07. The molecule has 0 unspecified atom stereocenters. The second-order valence-corrected chi connectivity index (χ2v) is 6.27.